The monoisotopic (exact) mass is 515 g/mol. The van der Waals surface area contributed by atoms with Crippen LogP contribution in [0.15, 0.2) is 54.6 Å². The van der Waals surface area contributed by atoms with E-state index in [9.17, 15) is 14.8 Å². The van der Waals surface area contributed by atoms with E-state index in [0.29, 0.717) is 17.6 Å². The molecular weight excluding hydrogens is 473 g/mol. The third kappa shape index (κ3) is 6.74. The Labute approximate surface area is 228 Å². The van der Waals surface area contributed by atoms with Crippen LogP contribution in [0.4, 0.5) is 0 Å². The summed E-state index contributed by atoms with van der Waals surface area (Å²) in [7, 11) is -1.49. The van der Waals surface area contributed by atoms with Crippen molar-refractivity contribution in [2.45, 2.75) is 78.7 Å². The van der Waals surface area contributed by atoms with Gasteiger partial charge >= 0.3 is 7.12 Å². The molecule has 0 amide bonds. The van der Waals surface area contributed by atoms with E-state index in [4.69, 9.17) is 10.5 Å². The minimum absolute atomic E-state index is 0.0210. The van der Waals surface area contributed by atoms with Gasteiger partial charge in [0.2, 0.25) is 0 Å². The molecule has 0 radical (unpaired) electrons. The highest BCUT2D eigenvalue weighted by Crippen LogP contribution is 2.45. The highest BCUT2D eigenvalue weighted by Gasteiger charge is 2.39. The Morgan fingerprint density at radius 1 is 1.03 bits per heavy atom. The van der Waals surface area contributed by atoms with Gasteiger partial charge in [-0.2, -0.15) is 0 Å². The fourth-order valence-electron chi connectivity index (χ4n) is 5.30. The molecule has 38 heavy (non-hydrogen) atoms. The molecule has 5 nitrogen and oxygen atoms in total. The summed E-state index contributed by atoms with van der Waals surface area (Å²) in [6.45, 7) is 11.5. The first-order chi connectivity index (χ1) is 18.2. The van der Waals surface area contributed by atoms with Gasteiger partial charge in [-0.25, -0.2) is 0 Å². The number of aryl methyl sites for hydroxylation is 1. The molecule has 0 saturated heterocycles. The van der Waals surface area contributed by atoms with Crippen LogP contribution >= 0.6 is 0 Å². The molecule has 1 heterocycles. The summed E-state index contributed by atoms with van der Waals surface area (Å²) in [5.74, 6) is 1.10. The zero-order chi connectivity index (χ0) is 27.9. The zero-order valence-electron chi connectivity index (χ0n) is 23.5. The summed E-state index contributed by atoms with van der Waals surface area (Å²) in [5, 5.41) is 18.5. The number of benzene rings is 3. The first-order valence-corrected chi connectivity index (χ1v) is 13.7. The lowest BCUT2D eigenvalue weighted by molar-refractivity contribution is 0.101. The van der Waals surface area contributed by atoms with Crippen LogP contribution in [-0.4, -0.2) is 29.6 Å². The molecule has 0 spiro atoms. The topological polar surface area (TPSA) is 92.8 Å². The molecule has 0 saturated carbocycles. The standard InChI is InChI=1S/C16H17BO3.C16H25NO/c1-10-7-14(12(3)18)9-16(11(10)2)13-5-4-6-15(8-13)17(19)20;1-3-5-9-16(8-4-2)12-18-15-7-6-13(11-17)10-14(15)16/h4-9,19-20H,1-3H3;6-7,10H,3-5,8-9,11-12,17H2,1-2H3. The average Bonchev–Trinajstić information content (AvgIpc) is 3.27. The molecule has 4 rings (SSSR count). The molecule has 1 unspecified atom stereocenters. The van der Waals surface area contributed by atoms with Gasteiger partial charge in [-0.15, -0.1) is 0 Å². The summed E-state index contributed by atoms with van der Waals surface area (Å²) in [6.07, 6.45) is 6.18. The molecule has 1 aliphatic heterocycles. The molecule has 1 atom stereocenters. The number of nitrogens with two attached hydrogens (primary N) is 1. The van der Waals surface area contributed by atoms with Crippen LogP contribution in [-0.2, 0) is 12.0 Å². The second kappa shape index (κ2) is 13.2. The van der Waals surface area contributed by atoms with Crippen molar-refractivity contribution in [2.24, 2.45) is 5.73 Å². The van der Waals surface area contributed by atoms with Crippen molar-refractivity contribution in [1.29, 1.82) is 0 Å². The minimum atomic E-state index is -1.49. The van der Waals surface area contributed by atoms with Crippen LogP contribution in [0.3, 0.4) is 0 Å². The summed E-state index contributed by atoms with van der Waals surface area (Å²) in [5.41, 5.74) is 13.7. The van der Waals surface area contributed by atoms with Crippen molar-refractivity contribution in [3.63, 3.8) is 0 Å². The second-order valence-corrected chi connectivity index (χ2v) is 10.5. The Hall–Kier alpha value is -2.93. The van der Waals surface area contributed by atoms with Gasteiger partial charge in [0.15, 0.2) is 5.78 Å². The predicted octanol–water partition coefficient (Wildman–Crippen LogP) is 5.62. The molecule has 0 bridgehead atoms. The van der Waals surface area contributed by atoms with E-state index in [-0.39, 0.29) is 11.2 Å². The Bertz CT molecular complexity index is 1250. The third-order valence-electron chi connectivity index (χ3n) is 7.66. The Morgan fingerprint density at radius 3 is 2.42 bits per heavy atom. The molecule has 1 aliphatic rings. The average molecular weight is 516 g/mol. The van der Waals surface area contributed by atoms with Gasteiger partial charge in [0.25, 0.3) is 0 Å². The molecule has 202 valence electrons. The fourth-order valence-corrected chi connectivity index (χ4v) is 5.30. The van der Waals surface area contributed by atoms with Gasteiger partial charge in [-0.3, -0.25) is 4.79 Å². The van der Waals surface area contributed by atoms with Gasteiger partial charge in [0.05, 0.1) is 6.61 Å². The summed E-state index contributed by atoms with van der Waals surface area (Å²) in [6, 6.07) is 17.3. The molecular formula is C32H42BNO4. The number of carbonyl (C=O) groups excluding carboxylic acids is 1. The van der Waals surface area contributed by atoms with Crippen molar-refractivity contribution in [2.75, 3.05) is 6.61 Å². The first kappa shape index (κ1) is 29.6. The number of carbonyl (C=O) groups is 1. The van der Waals surface area contributed by atoms with Crippen molar-refractivity contribution in [1.82, 2.24) is 0 Å². The highest BCUT2D eigenvalue weighted by molar-refractivity contribution is 6.58. The summed E-state index contributed by atoms with van der Waals surface area (Å²) < 4.78 is 5.92. The molecule has 3 aromatic carbocycles. The number of ether oxygens (including phenoxy) is 1. The van der Waals surface area contributed by atoms with Crippen LogP contribution in [0.5, 0.6) is 5.75 Å². The molecule has 0 aliphatic carbocycles. The van der Waals surface area contributed by atoms with E-state index in [1.807, 2.05) is 32.0 Å². The maximum atomic E-state index is 11.6. The Balaban J connectivity index is 0.000000212. The lowest BCUT2D eigenvalue weighted by Crippen LogP contribution is -2.29. The number of rotatable bonds is 9. The number of fused-ring (bicyclic) bond motifs is 1. The van der Waals surface area contributed by atoms with Crippen LogP contribution in [0.1, 0.15) is 85.5 Å². The van der Waals surface area contributed by atoms with Crippen LogP contribution in [0, 0.1) is 13.8 Å². The molecule has 6 heteroatoms. The number of hydrogen-bond acceptors (Lipinski definition) is 5. The fraction of sp³-hybridized carbons (Fsp3) is 0.406. The number of hydrogen-bond donors (Lipinski definition) is 3. The first-order valence-electron chi connectivity index (χ1n) is 13.7. The van der Waals surface area contributed by atoms with Crippen LogP contribution in [0.25, 0.3) is 11.1 Å². The largest absolute Gasteiger partial charge is 0.492 e. The van der Waals surface area contributed by atoms with Gasteiger partial charge in [0.1, 0.15) is 5.75 Å². The second-order valence-electron chi connectivity index (χ2n) is 10.5. The maximum absolute atomic E-state index is 11.6. The van der Waals surface area contributed by atoms with E-state index >= 15 is 0 Å². The van der Waals surface area contributed by atoms with Crippen molar-refractivity contribution in [3.05, 3.63) is 82.4 Å². The molecule has 0 fully saturated rings. The normalized spacial score (nSPS) is 15.8. The molecule has 0 aromatic heterocycles. The predicted molar refractivity (Wildman–Crippen MR) is 157 cm³/mol. The quantitative estimate of drug-likeness (QED) is 0.254. The Morgan fingerprint density at radius 2 is 1.79 bits per heavy atom. The lowest BCUT2D eigenvalue weighted by Gasteiger charge is -2.28. The summed E-state index contributed by atoms with van der Waals surface area (Å²) >= 11 is 0. The minimum Gasteiger partial charge on any atom is -0.492 e. The van der Waals surface area contributed by atoms with Gasteiger partial charge in [0, 0.05) is 23.1 Å². The number of unbranched alkanes of at least 4 members (excludes halogenated alkanes) is 1. The number of ketones is 1. The van der Waals surface area contributed by atoms with Crippen LogP contribution in [0.2, 0.25) is 0 Å². The van der Waals surface area contributed by atoms with Crippen molar-refractivity contribution in [3.8, 4) is 16.9 Å². The van der Waals surface area contributed by atoms with E-state index < -0.39 is 7.12 Å². The van der Waals surface area contributed by atoms with E-state index in [1.54, 1.807) is 25.1 Å². The summed E-state index contributed by atoms with van der Waals surface area (Å²) in [4.78, 5) is 11.6. The Kier molecular flexibility index (Phi) is 10.3. The lowest BCUT2D eigenvalue weighted by atomic mass is 9.74. The van der Waals surface area contributed by atoms with Gasteiger partial charge < -0.3 is 20.5 Å². The van der Waals surface area contributed by atoms with Crippen molar-refractivity contribution >= 4 is 18.4 Å². The van der Waals surface area contributed by atoms with Crippen molar-refractivity contribution < 1.29 is 19.6 Å². The zero-order valence-corrected chi connectivity index (χ0v) is 23.5. The SMILES string of the molecule is CC(=O)c1cc(C)c(C)c(-c2cccc(B(O)O)c2)c1.CCCCC1(CCC)COc2ccc(CN)cc21. The van der Waals surface area contributed by atoms with E-state index in [0.717, 1.165) is 34.6 Å². The highest BCUT2D eigenvalue weighted by atomic mass is 16.5. The third-order valence-corrected chi connectivity index (χ3v) is 7.66. The van der Waals surface area contributed by atoms with Crippen LogP contribution < -0.4 is 15.9 Å². The smallest absolute Gasteiger partial charge is 0.488 e. The number of Topliss-reactive ketones (excluding diaryl/α,β-unsaturated/α-hetero) is 1. The maximum Gasteiger partial charge on any atom is 0.488 e. The molecule has 4 N–H and O–H groups in total. The van der Waals surface area contributed by atoms with Gasteiger partial charge in [-0.05, 0) is 85.1 Å². The van der Waals surface area contributed by atoms with E-state index in [2.05, 4.69) is 32.0 Å². The molecule has 3 aromatic rings. The van der Waals surface area contributed by atoms with E-state index in [1.165, 1.54) is 43.2 Å². The van der Waals surface area contributed by atoms with Gasteiger partial charge in [-0.1, -0.05) is 69.5 Å².